The second kappa shape index (κ2) is 6.39. The molecule has 1 aromatic carbocycles. The zero-order valence-electron chi connectivity index (χ0n) is 10.7. The van der Waals surface area contributed by atoms with E-state index in [2.05, 4.69) is 23.5 Å². The SMILES string of the molecule is COS(=O)(=O)Oc1nnc(-c2cc(Cl)cc(Cl)c2Cl)c(N)n1. The minimum Gasteiger partial charge on any atom is -0.382 e. The molecule has 0 aliphatic carbocycles. The Morgan fingerprint density at radius 1 is 1.18 bits per heavy atom. The van der Waals surface area contributed by atoms with E-state index < -0.39 is 16.4 Å². The highest BCUT2D eigenvalue weighted by molar-refractivity contribution is 7.82. The van der Waals surface area contributed by atoms with Gasteiger partial charge in [0.15, 0.2) is 5.82 Å². The number of hydrogen-bond donors (Lipinski definition) is 1. The number of hydrogen-bond acceptors (Lipinski definition) is 8. The average molecular weight is 386 g/mol. The lowest BCUT2D eigenvalue weighted by atomic mass is 10.1. The molecule has 118 valence electrons. The Balaban J connectivity index is 2.47. The van der Waals surface area contributed by atoms with E-state index in [9.17, 15) is 8.42 Å². The Hall–Kier alpha value is -1.39. The smallest absolute Gasteiger partial charge is 0.382 e. The standard InChI is InChI=1S/C10H7Cl3N4O4S/c1-20-22(18,19)21-10-15-9(14)8(16-17-10)5-2-4(11)3-6(12)7(5)13/h2-3H,1H3,(H2,14,15,17). The van der Waals surface area contributed by atoms with Gasteiger partial charge in [0.2, 0.25) is 0 Å². The molecule has 1 heterocycles. The van der Waals surface area contributed by atoms with Crippen molar-refractivity contribution in [1.82, 2.24) is 15.2 Å². The van der Waals surface area contributed by atoms with Crippen molar-refractivity contribution in [1.29, 1.82) is 0 Å². The van der Waals surface area contributed by atoms with Crippen LogP contribution >= 0.6 is 34.8 Å². The van der Waals surface area contributed by atoms with Crippen LogP contribution in [0.5, 0.6) is 6.01 Å². The van der Waals surface area contributed by atoms with Crippen molar-refractivity contribution in [3.63, 3.8) is 0 Å². The fourth-order valence-electron chi connectivity index (χ4n) is 1.40. The maximum absolute atomic E-state index is 11.1. The lowest BCUT2D eigenvalue weighted by Crippen LogP contribution is -2.14. The van der Waals surface area contributed by atoms with Crippen molar-refractivity contribution in [2.24, 2.45) is 0 Å². The Bertz CT molecular complexity index is 831. The second-order valence-corrected chi connectivity index (χ2v) is 6.27. The van der Waals surface area contributed by atoms with Gasteiger partial charge in [0.05, 0.1) is 17.2 Å². The molecular weight excluding hydrogens is 379 g/mol. The van der Waals surface area contributed by atoms with Crippen LogP contribution in [0.3, 0.4) is 0 Å². The summed E-state index contributed by atoms with van der Waals surface area (Å²) in [5, 5.41) is 7.84. The van der Waals surface area contributed by atoms with E-state index >= 15 is 0 Å². The van der Waals surface area contributed by atoms with Gasteiger partial charge in [-0.3, -0.25) is 0 Å². The number of benzene rings is 1. The molecule has 2 N–H and O–H groups in total. The van der Waals surface area contributed by atoms with Crippen molar-refractivity contribution in [2.45, 2.75) is 0 Å². The van der Waals surface area contributed by atoms with Gasteiger partial charge < -0.3 is 9.92 Å². The van der Waals surface area contributed by atoms with Crippen molar-refractivity contribution in [3.8, 4) is 17.3 Å². The Labute approximate surface area is 140 Å². The number of anilines is 1. The summed E-state index contributed by atoms with van der Waals surface area (Å²) in [6.07, 6.45) is 0. The van der Waals surface area contributed by atoms with Gasteiger partial charge in [0.25, 0.3) is 0 Å². The van der Waals surface area contributed by atoms with Crippen molar-refractivity contribution >= 4 is 51.0 Å². The first-order valence-electron chi connectivity index (χ1n) is 5.38. The number of aromatic nitrogens is 3. The summed E-state index contributed by atoms with van der Waals surface area (Å²) in [5.41, 5.74) is 6.06. The maximum atomic E-state index is 11.1. The Morgan fingerprint density at radius 3 is 2.45 bits per heavy atom. The molecule has 0 spiro atoms. The van der Waals surface area contributed by atoms with E-state index in [0.717, 1.165) is 7.11 Å². The normalized spacial score (nSPS) is 11.5. The lowest BCUT2D eigenvalue weighted by Gasteiger charge is -2.08. The molecule has 0 saturated heterocycles. The zero-order chi connectivity index (χ0) is 16.5. The van der Waals surface area contributed by atoms with Gasteiger partial charge in [-0.1, -0.05) is 39.9 Å². The Morgan fingerprint density at radius 2 is 1.86 bits per heavy atom. The topological polar surface area (TPSA) is 117 Å². The summed E-state index contributed by atoms with van der Waals surface area (Å²) in [7, 11) is -3.37. The van der Waals surface area contributed by atoms with Gasteiger partial charge in [0.1, 0.15) is 5.69 Å². The third-order valence-corrected chi connectivity index (χ3v) is 4.10. The average Bonchev–Trinajstić information content (AvgIpc) is 2.43. The van der Waals surface area contributed by atoms with Crippen LogP contribution in [0, 0.1) is 0 Å². The third kappa shape index (κ3) is 3.68. The fourth-order valence-corrected chi connectivity index (χ4v) is 2.42. The molecule has 0 radical (unpaired) electrons. The van der Waals surface area contributed by atoms with Crippen molar-refractivity contribution in [3.05, 3.63) is 27.2 Å². The predicted octanol–water partition coefficient (Wildman–Crippen LogP) is 2.35. The molecule has 12 heteroatoms. The van der Waals surface area contributed by atoms with E-state index in [-0.39, 0.29) is 27.1 Å². The highest BCUT2D eigenvalue weighted by Gasteiger charge is 2.19. The summed E-state index contributed by atoms with van der Waals surface area (Å²) in [6.45, 7) is 0. The van der Waals surface area contributed by atoms with Crippen LogP contribution in [-0.2, 0) is 14.6 Å². The largest absolute Gasteiger partial charge is 0.451 e. The minimum absolute atomic E-state index is 0.0663. The number of nitrogen functional groups attached to an aromatic ring is 1. The fraction of sp³-hybridized carbons (Fsp3) is 0.100. The van der Waals surface area contributed by atoms with Crippen LogP contribution in [0.15, 0.2) is 12.1 Å². The van der Waals surface area contributed by atoms with Gasteiger partial charge >= 0.3 is 16.4 Å². The van der Waals surface area contributed by atoms with Crippen LogP contribution in [0.2, 0.25) is 15.1 Å². The molecule has 1 aromatic heterocycles. The highest BCUT2D eigenvalue weighted by Crippen LogP contribution is 2.37. The predicted molar refractivity (Wildman–Crippen MR) is 81.3 cm³/mol. The molecule has 0 bridgehead atoms. The minimum atomic E-state index is -4.28. The number of nitrogens with zero attached hydrogens (tertiary/aromatic N) is 3. The summed E-state index contributed by atoms with van der Waals surface area (Å²) in [4.78, 5) is 3.66. The summed E-state index contributed by atoms with van der Waals surface area (Å²) < 4.78 is 30.8. The first kappa shape index (κ1) is 17.0. The number of rotatable bonds is 4. The lowest BCUT2D eigenvalue weighted by molar-refractivity contribution is 0.321. The van der Waals surface area contributed by atoms with E-state index in [1.54, 1.807) is 0 Å². The first-order chi connectivity index (χ1) is 10.2. The molecule has 0 unspecified atom stereocenters. The van der Waals surface area contributed by atoms with E-state index in [1.807, 2.05) is 0 Å². The van der Waals surface area contributed by atoms with Gasteiger partial charge in [-0.2, -0.15) is 13.4 Å². The van der Waals surface area contributed by atoms with E-state index in [1.165, 1.54) is 12.1 Å². The summed E-state index contributed by atoms with van der Waals surface area (Å²) >= 11 is 17.9. The van der Waals surface area contributed by atoms with Gasteiger partial charge in [-0.05, 0) is 12.1 Å². The Kier molecular flexibility index (Phi) is 4.93. The van der Waals surface area contributed by atoms with Crippen LogP contribution in [-0.4, -0.2) is 30.7 Å². The molecule has 8 nitrogen and oxygen atoms in total. The third-order valence-electron chi connectivity index (χ3n) is 2.32. The second-order valence-electron chi connectivity index (χ2n) is 3.74. The molecule has 2 rings (SSSR count). The summed E-state index contributed by atoms with van der Waals surface area (Å²) in [6, 6.07) is 2.30. The number of halogens is 3. The molecule has 0 aliphatic rings. The van der Waals surface area contributed by atoms with Crippen molar-refractivity contribution < 1.29 is 16.8 Å². The van der Waals surface area contributed by atoms with Crippen molar-refractivity contribution in [2.75, 3.05) is 12.8 Å². The van der Waals surface area contributed by atoms with Crippen LogP contribution in [0.1, 0.15) is 0 Å². The zero-order valence-corrected chi connectivity index (χ0v) is 13.8. The van der Waals surface area contributed by atoms with Gasteiger partial charge in [0, 0.05) is 10.6 Å². The molecule has 0 atom stereocenters. The maximum Gasteiger partial charge on any atom is 0.451 e. The quantitative estimate of drug-likeness (QED) is 0.797. The molecule has 0 aliphatic heterocycles. The summed E-state index contributed by atoms with van der Waals surface area (Å²) in [5.74, 6) is -0.184. The molecule has 22 heavy (non-hydrogen) atoms. The number of nitrogens with two attached hydrogens (primary N) is 1. The van der Waals surface area contributed by atoms with E-state index in [0.29, 0.717) is 5.02 Å². The van der Waals surface area contributed by atoms with Gasteiger partial charge in [-0.15, -0.1) is 5.10 Å². The van der Waals surface area contributed by atoms with E-state index in [4.69, 9.17) is 40.5 Å². The van der Waals surface area contributed by atoms with Crippen LogP contribution in [0.4, 0.5) is 5.82 Å². The monoisotopic (exact) mass is 384 g/mol. The van der Waals surface area contributed by atoms with Crippen LogP contribution in [0.25, 0.3) is 11.3 Å². The molecule has 0 amide bonds. The highest BCUT2D eigenvalue weighted by atomic mass is 35.5. The molecule has 0 saturated carbocycles. The molecule has 2 aromatic rings. The van der Waals surface area contributed by atoms with Crippen LogP contribution < -0.4 is 9.92 Å². The molecular formula is C10H7Cl3N4O4S. The van der Waals surface area contributed by atoms with Gasteiger partial charge in [-0.25, -0.2) is 4.18 Å². The first-order valence-corrected chi connectivity index (χ1v) is 7.85. The molecule has 0 fully saturated rings.